The van der Waals surface area contributed by atoms with Gasteiger partial charge in [0.15, 0.2) is 5.82 Å². The molecule has 0 saturated heterocycles. The molecule has 0 atom stereocenters. The van der Waals surface area contributed by atoms with E-state index in [1.807, 2.05) is 0 Å². The van der Waals surface area contributed by atoms with E-state index in [9.17, 15) is 8.78 Å². The van der Waals surface area contributed by atoms with Gasteiger partial charge < -0.3 is 4.74 Å². The third kappa shape index (κ3) is 2.71. The van der Waals surface area contributed by atoms with Crippen molar-refractivity contribution >= 4 is 11.6 Å². The Bertz CT molecular complexity index is 530. The van der Waals surface area contributed by atoms with Crippen LogP contribution in [0.2, 0.25) is 5.15 Å². The van der Waals surface area contributed by atoms with Crippen molar-refractivity contribution < 1.29 is 13.5 Å². The number of nitrogens with zero attached hydrogens (tertiary/aromatic N) is 3. The Morgan fingerprint density at radius 2 is 2.18 bits per heavy atom. The van der Waals surface area contributed by atoms with E-state index >= 15 is 0 Å². The molecule has 0 spiro atoms. The van der Waals surface area contributed by atoms with Crippen molar-refractivity contribution in [2.24, 2.45) is 0 Å². The minimum atomic E-state index is -2.90. The minimum Gasteiger partial charge on any atom is -0.415 e. The Morgan fingerprint density at radius 1 is 1.41 bits per heavy atom. The second kappa shape index (κ2) is 4.67. The van der Waals surface area contributed by atoms with Gasteiger partial charge in [0.2, 0.25) is 5.88 Å². The lowest BCUT2D eigenvalue weighted by Gasteiger charge is -2.02. The first-order valence-electron chi connectivity index (χ1n) is 4.70. The average molecular weight is 260 g/mol. The summed E-state index contributed by atoms with van der Waals surface area (Å²) in [4.78, 5) is 4.02. The van der Waals surface area contributed by atoms with Crippen molar-refractivity contribution in [1.29, 1.82) is 0 Å². The van der Waals surface area contributed by atoms with Crippen LogP contribution in [0.15, 0.2) is 24.3 Å². The molecule has 0 fully saturated rings. The predicted molar refractivity (Wildman–Crippen MR) is 57.7 cm³/mol. The summed E-state index contributed by atoms with van der Waals surface area (Å²) in [7, 11) is 0. The Kier molecular flexibility index (Phi) is 3.23. The molecule has 0 amide bonds. The summed E-state index contributed by atoms with van der Waals surface area (Å²) in [5, 5.41) is 4.15. The Labute approximate surface area is 101 Å². The molecule has 0 saturated carbocycles. The van der Waals surface area contributed by atoms with Gasteiger partial charge >= 0.3 is 6.61 Å². The molecule has 0 bridgehead atoms. The van der Waals surface area contributed by atoms with Crippen LogP contribution in [0, 0.1) is 6.92 Å². The third-order valence-corrected chi connectivity index (χ3v) is 2.20. The third-order valence-electron chi connectivity index (χ3n) is 1.99. The molecule has 0 aliphatic carbocycles. The smallest absolute Gasteiger partial charge is 0.388 e. The molecule has 4 nitrogen and oxygen atoms in total. The molecule has 0 N–H and O–H groups in total. The molecule has 0 aromatic carbocycles. The molecule has 2 aromatic rings. The molecule has 17 heavy (non-hydrogen) atoms. The van der Waals surface area contributed by atoms with E-state index in [0.717, 1.165) is 0 Å². The molecule has 0 aliphatic rings. The molecule has 2 heterocycles. The number of halogens is 3. The Hall–Kier alpha value is -1.69. The number of pyridine rings is 1. The first kappa shape index (κ1) is 11.8. The van der Waals surface area contributed by atoms with Gasteiger partial charge in [0.05, 0.1) is 0 Å². The van der Waals surface area contributed by atoms with E-state index in [4.69, 9.17) is 11.6 Å². The number of hydrogen-bond donors (Lipinski definition) is 0. The standard InChI is InChI=1S/C10H8ClF2N3O/c1-6-5-9(17-10(12)13)15-16(6)8-4-2-3-7(11)14-8/h2-5,10H,1H3. The van der Waals surface area contributed by atoms with Crippen molar-refractivity contribution in [3.63, 3.8) is 0 Å². The van der Waals surface area contributed by atoms with Crippen molar-refractivity contribution in [2.75, 3.05) is 0 Å². The van der Waals surface area contributed by atoms with Gasteiger partial charge in [-0.1, -0.05) is 17.7 Å². The van der Waals surface area contributed by atoms with Crippen LogP contribution in [-0.4, -0.2) is 21.4 Å². The van der Waals surface area contributed by atoms with Gasteiger partial charge in [-0.25, -0.2) is 9.67 Å². The van der Waals surface area contributed by atoms with Crippen LogP contribution in [0.4, 0.5) is 8.78 Å². The quantitative estimate of drug-likeness (QED) is 0.796. The molecular weight excluding hydrogens is 252 g/mol. The number of aryl methyl sites for hydroxylation is 1. The zero-order valence-electron chi connectivity index (χ0n) is 8.77. The number of alkyl halides is 2. The van der Waals surface area contributed by atoms with E-state index < -0.39 is 6.61 Å². The number of rotatable bonds is 3. The summed E-state index contributed by atoms with van der Waals surface area (Å²) in [5.74, 6) is 0.290. The molecule has 90 valence electrons. The molecule has 0 radical (unpaired) electrons. The SMILES string of the molecule is Cc1cc(OC(F)F)nn1-c1cccc(Cl)n1. The first-order chi connectivity index (χ1) is 8.06. The fourth-order valence-electron chi connectivity index (χ4n) is 1.34. The summed E-state index contributed by atoms with van der Waals surface area (Å²) < 4.78 is 29.6. The fraction of sp³-hybridized carbons (Fsp3) is 0.200. The van der Waals surface area contributed by atoms with Crippen LogP contribution in [-0.2, 0) is 0 Å². The van der Waals surface area contributed by atoms with Gasteiger partial charge in [-0.05, 0) is 19.1 Å². The average Bonchev–Trinajstić information content (AvgIpc) is 2.58. The van der Waals surface area contributed by atoms with Gasteiger partial charge in [0.25, 0.3) is 0 Å². The molecule has 0 unspecified atom stereocenters. The molecule has 2 aromatic heterocycles. The maximum absolute atomic E-state index is 12.0. The highest BCUT2D eigenvalue weighted by Gasteiger charge is 2.12. The maximum Gasteiger partial charge on any atom is 0.388 e. The molecule has 0 aliphatic heterocycles. The summed E-state index contributed by atoms with van der Waals surface area (Å²) in [5.41, 5.74) is 0.621. The fourth-order valence-corrected chi connectivity index (χ4v) is 1.50. The summed E-state index contributed by atoms with van der Waals surface area (Å²) in [6.45, 7) is -1.20. The second-order valence-corrected chi connectivity index (χ2v) is 3.62. The predicted octanol–water partition coefficient (Wildman–Crippen LogP) is 2.83. The van der Waals surface area contributed by atoms with Crippen LogP contribution in [0.5, 0.6) is 5.88 Å². The van der Waals surface area contributed by atoms with Crippen molar-refractivity contribution in [1.82, 2.24) is 14.8 Å². The zero-order valence-corrected chi connectivity index (χ0v) is 9.53. The van der Waals surface area contributed by atoms with Crippen LogP contribution >= 0.6 is 11.6 Å². The minimum absolute atomic E-state index is 0.153. The summed E-state index contributed by atoms with van der Waals surface area (Å²) >= 11 is 5.73. The highest BCUT2D eigenvalue weighted by molar-refractivity contribution is 6.29. The second-order valence-electron chi connectivity index (χ2n) is 3.23. The van der Waals surface area contributed by atoms with Crippen LogP contribution < -0.4 is 4.74 Å². The van der Waals surface area contributed by atoms with Gasteiger partial charge in [-0.15, -0.1) is 5.10 Å². The van der Waals surface area contributed by atoms with E-state index in [0.29, 0.717) is 16.7 Å². The summed E-state index contributed by atoms with van der Waals surface area (Å²) in [6, 6.07) is 6.37. The normalized spacial score (nSPS) is 10.9. The lowest BCUT2D eigenvalue weighted by molar-refractivity contribution is -0.0530. The zero-order chi connectivity index (χ0) is 12.4. The molecular formula is C10H8ClF2N3O. The maximum atomic E-state index is 12.0. The van der Waals surface area contributed by atoms with Crippen LogP contribution in [0.3, 0.4) is 0 Å². The van der Waals surface area contributed by atoms with Gasteiger partial charge in [0.1, 0.15) is 5.15 Å². The molecule has 7 heteroatoms. The lowest BCUT2D eigenvalue weighted by atomic mass is 10.4. The van der Waals surface area contributed by atoms with E-state index in [2.05, 4.69) is 14.8 Å². The highest BCUT2D eigenvalue weighted by atomic mass is 35.5. The largest absolute Gasteiger partial charge is 0.415 e. The van der Waals surface area contributed by atoms with Crippen molar-refractivity contribution in [3.8, 4) is 11.7 Å². The van der Waals surface area contributed by atoms with Crippen LogP contribution in [0.25, 0.3) is 5.82 Å². The molecule has 2 rings (SSSR count). The van der Waals surface area contributed by atoms with Crippen molar-refractivity contribution in [2.45, 2.75) is 13.5 Å². The van der Waals surface area contributed by atoms with E-state index in [1.54, 1.807) is 25.1 Å². The Morgan fingerprint density at radius 3 is 2.82 bits per heavy atom. The monoisotopic (exact) mass is 259 g/mol. The van der Waals surface area contributed by atoms with Gasteiger partial charge in [-0.2, -0.15) is 8.78 Å². The topological polar surface area (TPSA) is 39.9 Å². The number of ether oxygens (including phenoxy) is 1. The van der Waals surface area contributed by atoms with Gasteiger partial charge in [-0.3, -0.25) is 0 Å². The van der Waals surface area contributed by atoms with E-state index in [-0.39, 0.29) is 5.88 Å². The van der Waals surface area contributed by atoms with E-state index in [1.165, 1.54) is 10.7 Å². The van der Waals surface area contributed by atoms with Crippen LogP contribution in [0.1, 0.15) is 5.69 Å². The number of hydrogen-bond acceptors (Lipinski definition) is 3. The lowest BCUT2D eigenvalue weighted by Crippen LogP contribution is -2.04. The number of aromatic nitrogens is 3. The first-order valence-corrected chi connectivity index (χ1v) is 5.08. The Balaban J connectivity index is 2.36. The summed E-state index contributed by atoms with van der Waals surface area (Å²) in [6.07, 6.45) is 0. The van der Waals surface area contributed by atoms with Crippen molar-refractivity contribution in [3.05, 3.63) is 35.1 Å². The highest BCUT2D eigenvalue weighted by Crippen LogP contribution is 2.18. The van der Waals surface area contributed by atoms with Gasteiger partial charge in [0, 0.05) is 11.8 Å².